The Bertz CT molecular complexity index is 821. The Labute approximate surface area is 165 Å². The number of esters is 1. The van der Waals surface area contributed by atoms with Gasteiger partial charge in [0, 0.05) is 18.3 Å². The molecule has 6 heteroatoms. The molecule has 0 radical (unpaired) electrons. The van der Waals surface area contributed by atoms with Crippen LogP contribution in [0.4, 0.5) is 5.69 Å². The summed E-state index contributed by atoms with van der Waals surface area (Å²) in [6.07, 6.45) is 4.04. The van der Waals surface area contributed by atoms with E-state index in [1.54, 1.807) is 7.11 Å². The Morgan fingerprint density at radius 3 is 2.86 bits per heavy atom. The zero-order valence-corrected chi connectivity index (χ0v) is 16.7. The van der Waals surface area contributed by atoms with E-state index in [0.29, 0.717) is 11.5 Å². The molecule has 3 aliphatic rings. The predicted molar refractivity (Wildman–Crippen MR) is 106 cm³/mol. The number of carbonyl (C=O) groups excluding carboxylic acids is 2. The summed E-state index contributed by atoms with van der Waals surface area (Å²) in [5.41, 5.74) is 2.05. The van der Waals surface area contributed by atoms with E-state index >= 15 is 0 Å². The van der Waals surface area contributed by atoms with Crippen LogP contribution in [0.1, 0.15) is 31.7 Å². The summed E-state index contributed by atoms with van der Waals surface area (Å²) in [7, 11) is 2.95. The van der Waals surface area contributed by atoms with Gasteiger partial charge in [0.2, 0.25) is 5.91 Å². The first kappa shape index (κ1) is 19.0. The molecule has 0 bridgehead atoms. The largest absolute Gasteiger partial charge is 0.504 e. The van der Waals surface area contributed by atoms with Crippen LogP contribution in [0.25, 0.3) is 0 Å². The zero-order chi connectivity index (χ0) is 19.9. The first-order valence-corrected chi connectivity index (χ1v) is 10.0. The summed E-state index contributed by atoms with van der Waals surface area (Å²) in [4.78, 5) is 28.1. The second-order valence-electron chi connectivity index (χ2n) is 8.04. The molecular weight excluding hydrogens is 356 g/mol. The minimum Gasteiger partial charge on any atom is -0.504 e. The molecule has 1 N–H and O–H groups in total. The molecule has 2 saturated heterocycles. The third-order valence-electron chi connectivity index (χ3n) is 6.97. The van der Waals surface area contributed by atoms with Crippen molar-refractivity contribution in [2.24, 2.45) is 11.8 Å². The number of nitrogens with one attached hydrogen (secondary N) is 1. The van der Waals surface area contributed by atoms with E-state index < -0.39 is 5.41 Å². The number of anilines is 1. The van der Waals surface area contributed by atoms with Crippen LogP contribution in [0.2, 0.25) is 0 Å². The molecule has 4 atom stereocenters. The number of carbonyl (C=O) groups is 2. The standard InChI is InChI=1S/C22H28N2O4/c1-4-14-12-24-10-9-22(17-7-5-6-8-18(17)23-21(22)26)19(24)11-15(14)16(13-27-2)20(25)28-3/h5-8,13-15,19H,4,9-12H2,1-3H3,(H,23,26)/b16-13-/t14-,15-,19-,22+/m0/s1. The smallest absolute Gasteiger partial charge is 0.337 e. The fourth-order valence-electron chi connectivity index (χ4n) is 5.63. The molecule has 1 aromatic rings. The van der Waals surface area contributed by atoms with Gasteiger partial charge in [-0.2, -0.15) is 0 Å². The number of amides is 1. The first-order chi connectivity index (χ1) is 13.6. The van der Waals surface area contributed by atoms with Crippen LogP contribution < -0.4 is 5.32 Å². The molecule has 0 aromatic heterocycles. The van der Waals surface area contributed by atoms with E-state index in [0.717, 1.165) is 43.6 Å². The molecule has 4 rings (SSSR count). The van der Waals surface area contributed by atoms with Crippen LogP contribution in [0, 0.1) is 11.8 Å². The second-order valence-corrected chi connectivity index (χ2v) is 8.04. The van der Waals surface area contributed by atoms with Gasteiger partial charge in [0.15, 0.2) is 0 Å². The number of methoxy groups -OCH3 is 2. The van der Waals surface area contributed by atoms with Crippen LogP contribution >= 0.6 is 0 Å². The average molecular weight is 384 g/mol. The SMILES string of the molecule is CC[C@H]1CN2CC[C@]3(C(=O)Nc4ccccc43)[C@@H]2C[C@@H]1/C(=C/OC)C(=O)OC. The third kappa shape index (κ3) is 2.65. The zero-order valence-electron chi connectivity index (χ0n) is 16.7. The molecule has 0 aliphatic carbocycles. The second kappa shape index (κ2) is 7.24. The molecule has 1 amide bonds. The molecule has 3 aliphatic heterocycles. The molecule has 1 aromatic carbocycles. The molecule has 2 fully saturated rings. The summed E-state index contributed by atoms with van der Waals surface area (Å²) in [5.74, 6) is 0.0769. The lowest BCUT2D eigenvalue weighted by Crippen LogP contribution is -2.53. The summed E-state index contributed by atoms with van der Waals surface area (Å²) in [6.45, 7) is 3.93. The van der Waals surface area contributed by atoms with E-state index in [2.05, 4.69) is 23.2 Å². The van der Waals surface area contributed by atoms with Gasteiger partial charge in [0.05, 0.1) is 31.5 Å². The van der Waals surface area contributed by atoms with Gasteiger partial charge in [0.1, 0.15) is 0 Å². The number of hydrogen-bond donors (Lipinski definition) is 1. The molecule has 3 heterocycles. The van der Waals surface area contributed by atoms with E-state index in [-0.39, 0.29) is 23.8 Å². The highest BCUT2D eigenvalue weighted by Crippen LogP contribution is 2.53. The van der Waals surface area contributed by atoms with Gasteiger partial charge < -0.3 is 14.8 Å². The number of para-hydroxylation sites is 1. The average Bonchev–Trinajstić information content (AvgIpc) is 3.23. The van der Waals surface area contributed by atoms with Gasteiger partial charge in [-0.05, 0) is 42.9 Å². The lowest BCUT2D eigenvalue weighted by atomic mass is 9.67. The minimum absolute atomic E-state index is 0.00851. The number of nitrogens with zero attached hydrogens (tertiary/aromatic N) is 1. The molecule has 1 spiro atoms. The Kier molecular flexibility index (Phi) is 4.91. The van der Waals surface area contributed by atoms with Crippen molar-refractivity contribution in [2.75, 3.05) is 32.6 Å². The Morgan fingerprint density at radius 2 is 2.14 bits per heavy atom. The maximum atomic E-state index is 13.2. The Balaban J connectivity index is 1.74. The van der Waals surface area contributed by atoms with E-state index in [1.807, 2.05) is 18.2 Å². The van der Waals surface area contributed by atoms with Gasteiger partial charge in [-0.15, -0.1) is 0 Å². The van der Waals surface area contributed by atoms with Crippen molar-refractivity contribution in [3.8, 4) is 0 Å². The molecular formula is C22H28N2O4. The summed E-state index contributed by atoms with van der Waals surface area (Å²) in [5, 5.41) is 3.10. The number of piperidine rings is 1. The molecule has 0 unspecified atom stereocenters. The lowest BCUT2D eigenvalue weighted by molar-refractivity contribution is -0.137. The molecule has 150 valence electrons. The predicted octanol–water partition coefficient (Wildman–Crippen LogP) is 2.70. The highest BCUT2D eigenvalue weighted by atomic mass is 16.5. The van der Waals surface area contributed by atoms with Crippen molar-refractivity contribution in [2.45, 2.75) is 37.6 Å². The highest BCUT2D eigenvalue weighted by Gasteiger charge is 2.60. The van der Waals surface area contributed by atoms with Crippen LogP contribution in [-0.4, -0.2) is 50.1 Å². The molecule has 28 heavy (non-hydrogen) atoms. The maximum absolute atomic E-state index is 13.2. The number of rotatable bonds is 4. The van der Waals surface area contributed by atoms with Crippen LogP contribution in [0.3, 0.4) is 0 Å². The quantitative estimate of drug-likeness (QED) is 0.491. The van der Waals surface area contributed by atoms with Gasteiger partial charge >= 0.3 is 5.97 Å². The summed E-state index contributed by atoms with van der Waals surface area (Å²) < 4.78 is 10.3. The van der Waals surface area contributed by atoms with Gasteiger partial charge in [-0.3, -0.25) is 9.69 Å². The Morgan fingerprint density at radius 1 is 1.36 bits per heavy atom. The minimum atomic E-state index is -0.540. The van der Waals surface area contributed by atoms with Crippen molar-refractivity contribution in [3.63, 3.8) is 0 Å². The summed E-state index contributed by atoms with van der Waals surface area (Å²) in [6, 6.07) is 8.07. The van der Waals surface area contributed by atoms with Crippen molar-refractivity contribution in [1.82, 2.24) is 4.90 Å². The molecule has 6 nitrogen and oxygen atoms in total. The maximum Gasteiger partial charge on any atom is 0.337 e. The number of hydrogen-bond acceptors (Lipinski definition) is 5. The van der Waals surface area contributed by atoms with Crippen molar-refractivity contribution >= 4 is 17.6 Å². The number of ether oxygens (including phenoxy) is 2. The van der Waals surface area contributed by atoms with Gasteiger partial charge in [0.25, 0.3) is 0 Å². The van der Waals surface area contributed by atoms with Crippen LogP contribution in [-0.2, 0) is 24.5 Å². The van der Waals surface area contributed by atoms with Crippen molar-refractivity contribution in [3.05, 3.63) is 41.7 Å². The van der Waals surface area contributed by atoms with E-state index in [4.69, 9.17) is 9.47 Å². The van der Waals surface area contributed by atoms with E-state index in [1.165, 1.54) is 13.4 Å². The highest BCUT2D eigenvalue weighted by molar-refractivity contribution is 6.07. The van der Waals surface area contributed by atoms with Crippen LogP contribution in [0.15, 0.2) is 36.1 Å². The summed E-state index contributed by atoms with van der Waals surface area (Å²) >= 11 is 0. The van der Waals surface area contributed by atoms with E-state index in [9.17, 15) is 9.59 Å². The van der Waals surface area contributed by atoms with Gasteiger partial charge in [-0.25, -0.2) is 4.79 Å². The van der Waals surface area contributed by atoms with Crippen LogP contribution in [0.5, 0.6) is 0 Å². The number of benzene rings is 1. The van der Waals surface area contributed by atoms with Crippen molar-refractivity contribution in [1.29, 1.82) is 0 Å². The number of fused-ring (bicyclic) bond motifs is 4. The lowest BCUT2D eigenvalue weighted by Gasteiger charge is -2.45. The van der Waals surface area contributed by atoms with Crippen molar-refractivity contribution < 1.29 is 19.1 Å². The van der Waals surface area contributed by atoms with Gasteiger partial charge in [-0.1, -0.05) is 31.5 Å². The monoisotopic (exact) mass is 384 g/mol. The normalized spacial score (nSPS) is 32.0. The fourth-order valence-corrected chi connectivity index (χ4v) is 5.63. The third-order valence-corrected chi connectivity index (χ3v) is 6.97. The topological polar surface area (TPSA) is 67.9 Å². The fraction of sp³-hybridized carbons (Fsp3) is 0.545. The Hall–Kier alpha value is -2.34. The first-order valence-electron chi connectivity index (χ1n) is 10.0. The molecule has 0 saturated carbocycles.